The number of hydrogen-bond donors (Lipinski definition) is 1. The minimum atomic E-state index is -0.473. The number of para-hydroxylation sites is 1. The topological polar surface area (TPSA) is 40.5 Å². The second-order valence-corrected chi connectivity index (χ2v) is 4.84. The fraction of sp³-hybridized carbons (Fsp3) is 0.0714. The van der Waals surface area contributed by atoms with Crippen molar-refractivity contribution in [3.8, 4) is 5.75 Å². The standard InChI is InChI=1S/C14H11BrFNO2/c1-17(12-5-3-2-4-11(12)16)14(19)9-6-7-10(15)13(18)8-9/h2-8,18H,1H3. The molecular formula is C14H11BrFNO2. The van der Waals surface area contributed by atoms with E-state index in [9.17, 15) is 14.3 Å². The summed E-state index contributed by atoms with van der Waals surface area (Å²) in [6.07, 6.45) is 0. The highest BCUT2D eigenvalue weighted by Gasteiger charge is 2.17. The summed E-state index contributed by atoms with van der Waals surface area (Å²) in [6.45, 7) is 0. The van der Waals surface area contributed by atoms with Gasteiger partial charge in [0.05, 0.1) is 10.2 Å². The summed E-state index contributed by atoms with van der Waals surface area (Å²) in [7, 11) is 1.49. The molecule has 2 aromatic carbocycles. The largest absolute Gasteiger partial charge is 0.507 e. The van der Waals surface area contributed by atoms with Crippen molar-refractivity contribution in [2.24, 2.45) is 0 Å². The maximum atomic E-state index is 13.6. The van der Waals surface area contributed by atoms with Gasteiger partial charge in [-0.3, -0.25) is 4.79 Å². The van der Waals surface area contributed by atoms with Crippen LogP contribution in [0.2, 0.25) is 0 Å². The third-order valence-corrected chi connectivity index (χ3v) is 3.38. The van der Waals surface area contributed by atoms with Gasteiger partial charge in [0.2, 0.25) is 0 Å². The second-order valence-electron chi connectivity index (χ2n) is 3.98. The maximum Gasteiger partial charge on any atom is 0.258 e. The van der Waals surface area contributed by atoms with Crippen LogP contribution >= 0.6 is 15.9 Å². The summed E-state index contributed by atoms with van der Waals surface area (Å²) in [4.78, 5) is 13.4. The Bertz CT molecular complexity index is 631. The van der Waals surface area contributed by atoms with E-state index in [-0.39, 0.29) is 17.0 Å². The Morgan fingerprint density at radius 2 is 1.95 bits per heavy atom. The lowest BCUT2D eigenvalue weighted by molar-refractivity contribution is 0.0992. The van der Waals surface area contributed by atoms with Gasteiger partial charge in [0.25, 0.3) is 5.91 Å². The lowest BCUT2D eigenvalue weighted by Gasteiger charge is -2.18. The second kappa shape index (κ2) is 5.40. The van der Waals surface area contributed by atoms with Gasteiger partial charge in [-0.15, -0.1) is 0 Å². The number of phenolic OH excluding ortho intramolecular Hbond substituents is 1. The normalized spacial score (nSPS) is 10.3. The average molecular weight is 324 g/mol. The highest BCUT2D eigenvalue weighted by molar-refractivity contribution is 9.10. The molecule has 0 saturated carbocycles. The van der Waals surface area contributed by atoms with Crippen molar-refractivity contribution >= 4 is 27.5 Å². The van der Waals surface area contributed by atoms with Crippen molar-refractivity contribution < 1.29 is 14.3 Å². The molecule has 0 bridgehead atoms. The monoisotopic (exact) mass is 323 g/mol. The number of anilines is 1. The molecule has 2 aromatic rings. The minimum absolute atomic E-state index is 0.0345. The molecule has 0 radical (unpaired) electrons. The lowest BCUT2D eigenvalue weighted by atomic mass is 10.1. The Morgan fingerprint density at radius 1 is 1.26 bits per heavy atom. The summed E-state index contributed by atoms with van der Waals surface area (Å²) in [5.41, 5.74) is 0.473. The molecule has 98 valence electrons. The summed E-state index contributed by atoms with van der Waals surface area (Å²) >= 11 is 3.14. The Kier molecular flexibility index (Phi) is 3.85. The summed E-state index contributed by atoms with van der Waals surface area (Å²) in [6, 6.07) is 10.5. The van der Waals surface area contributed by atoms with Crippen LogP contribution in [0.25, 0.3) is 0 Å². The Balaban J connectivity index is 2.34. The van der Waals surface area contributed by atoms with Gasteiger partial charge in [-0.2, -0.15) is 0 Å². The zero-order chi connectivity index (χ0) is 14.0. The van der Waals surface area contributed by atoms with E-state index in [0.29, 0.717) is 4.47 Å². The molecule has 1 N–H and O–H groups in total. The number of halogens is 2. The molecule has 5 heteroatoms. The first-order chi connectivity index (χ1) is 9.00. The molecule has 1 amide bonds. The average Bonchev–Trinajstić information content (AvgIpc) is 2.41. The van der Waals surface area contributed by atoms with E-state index >= 15 is 0 Å². The van der Waals surface area contributed by atoms with E-state index in [1.54, 1.807) is 24.3 Å². The number of aromatic hydroxyl groups is 1. The fourth-order valence-corrected chi connectivity index (χ4v) is 1.92. The van der Waals surface area contributed by atoms with Crippen LogP contribution in [0.4, 0.5) is 10.1 Å². The Labute approximate surface area is 118 Å². The van der Waals surface area contributed by atoms with Gasteiger partial charge in [0.15, 0.2) is 0 Å². The third kappa shape index (κ3) is 2.76. The van der Waals surface area contributed by atoms with Gasteiger partial charge in [-0.05, 0) is 46.3 Å². The summed E-state index contributed by atoms with van der Waals surface area (Å²) in [5, 5.41) is 9.56. The van der Waals surface area contributed by atoms with E-state index in [1.807, 2.05) is 0 Å². The zero-order valence-corrected chi connectivity index (χ0v) is 11.7. The Morgan fingerprint density at radius 3 is 2.58 bits per heavy atom. The van der Waals surface area contributed by atoms with E-state index in [1.165, 1.54) is 30.1 Å². The molecule has 19 heavy (non-hydrogen) atoms. The predicted octanol–water partition coefficient (Wildman–Crippen LogP) is 3.57. The van der Waals surface area contributed by atoms with Crippen LogP contribution in [0.1, 0.15) is 10.4 Å². The molecular weight excluding hydrogens is 313 g/mol. The third-order valence-electron chi connectivity index (χ3n) is 2.71. The number of carbonyl (C=O) groups excluding carboxylic acids is 1. The quantitative estimate of drug-likeness (QED) is 0.917. The molecule has 0 aliphatic rings. The number of carbonyl (C=O) groups is 1. The van der Waals surface area contributed by atoms with Gasteiger partial charge < -0.3 is 10.0 Å². The van der Waals surface area contributed by atoms with E-state index in [2.05, 4.69) is 15.9 Å². The van der Waals surface area contributed by atoms with Gasteiger partial charge in [0, 0.05) is 12.6 Å². The van der Waals surface area contributed by atoms with Crippen molar-refractivity contribution in [1.29, 1.82) is 0 Å². The van der Waals surface area contributed by atoms with E-state index < -0.39 is 11.7 Å². The smallest absolute Gasteiger partial charge is 0.258 e. The maximum absolute atomic E-state index is 13.6. The van der Waals surface area contributed by atoms with Crippen LogP contribution in [-0.2, 0) is 0 Å². The van der Waals surface area contributed by atoms with Crippen LogP contribution < -0.4 is 4.90 Å². The molecule has 3 nitrogen and oxygen atoms in total. The summed E-state index contributed by atoms with van der Waals surface area (Å²) < 4.78 is 14.1. The molecule has 0 saturated heterocycles. The van der Waals surface area contributed by atoms with Crippen molar-refractivity contribution in [2.75, 3.05) is 11.9 Å². The molecule has 0 fully saturated rings. The first kappa shape index (κ1) is 13.5. The fourth-order valence-electron chi connectivity index (χ4n) is 1.67. The van der Waals surface area contributed by atoms with Crippen LogP contribution in [-0.4, -0.2) is 18.1 Å². The Hall–Kier alpha value is -1.88. The molecule has 2 rings (SSSR count). The highest BCUT2D eigenvalue weighted by Crippen LogP contribution is 2.26. The molecule has 0 aromatic heterocycles. The van der Waals surface area contributed by atoms with E-state index in [4.69, 9.17) is 0 Å². The molecule has 0 aliphatic carbocycles. The number of hydrogen-bond acceptors (Lipinski definition) is 2. The van der Waals surface area contributed by atoms with Crippen molar-refractivity contribution in [1.82, 2.24) is 0 Å². The first-order valence-electron chi connectivity index (χ1n) is 5.52. The van der Waals surface area contributed by atoms with Crippen molar-refractivity contribution in [3.05, 3.63) is 58.3 Å². The molecule has 0 heterocycles. The number of benzene rings is 2. The predicted molar refractivity (Wildman–Crippen MR) is 74.9 cm³/mol. The minimum Gasteiger partial charge on any atom is -0.507 e. The van der Waals surface area contributed by atoms with Crippen LogP contribution in [0.5, 0.6) is 5.75 Å². The van der Waals surface area contributed by atoms with Crippen LogP contribution in [0.15, 0.2) is 46.9 Å². The van der Waals surface area contributed by atoms with Gasteiger partial charge in [-0.1, -0.05) is 12.1 Å². The van der Waals surface area contributed by atoms with Crippen LogP contribution in [0, 0.1) is 5.82 Å². The number of rotatable bonds is 2. The number of phenols is 1. The van der Waals surface area contributed by atoms with Gasteiger partial charge >= 0.3 is 0 Å². The van der Waals surface area contributed by atoms with Gasteiger partial charge in [0.1, 0.15) is 11.6 Å². The van der Waals surface area contributed by atoms with Crippen molar-refractivity contribution in [2.45, 2.75) is 0 Å². The number of amides is 1. The molecule has 0 atom stereocenters. The highest BCUT2D eigenvalue weighted by atomic mass is 79.9. The van der Waals surface area contributed by atoms with Crippen molar-refractivity contribution in [3.63, 3.8) is 0 Å². The summed E-state index contributed by atoms with van der Waals surface area (Å²) in [5.74, 6) is -0.902. The molecule has 0 spiro atoms. The van der Waals surface area contributed by atoms with Gasteiger partial charge in [-0.25, -0.2) is 4.39 Å². The SMILES string of the molecule is CN(C(=O)c1ccc(Br)c(O)c1)c1ccccc1F. The lowest BCUT2D eigenvalue weighted by Crippen LogP contribution is -2.27. The first-order valence-corrected chi connectivity index (χ1v) is 6.31. The zero-order valence-electron chi connectivity index (χ0n) is 10.1. The van der Waals surface area contributed by atoms with Crippen LogP contribution in [0.3, 0.4) is 0 Å². The van der Waals surface area contributed by atoms with E-state index in [0.717, 1.165) is 0 Å². The molecule has 0 aliphatic heterocycles. The number of nitrogens with zero attached hydrogens (tertiary/aromatic N) is 1. The molecule has 0 unspecified atom stereocenters.